The number of hydrogen-bond donors (Lipinski definition) is 1. The first-order valence-electron chi connectivity index (χ1n) is 13.3. The second kappa shape index (κ2) is 11.8. The molecule has 2 aromatic carbocycles. The number of rotatable bonds is 6. The van der Waals surface area contributed by atoms with Crippen molar-refractivity contribution in [2.75, 3.05) is 36.4 Å². The van der Waals surface area contributed by atoms with Crippen LogP contribution in [-0.2, 0) is 4.74 Å². The molecule has 1 aliphatic heterocycles. The zero-order chi connectivity index (χ0) is 28.3. The normalized spacial score (nSPS) is 14.6. The van der Waals surface area contributed by atoms with Crippen molar-refractivity contribution in [3.63, 3.8) is 0 Å². The van der Waals surface area contributed by atoms with Crippen molar-refractivity contribution in [1.82, 2.24) is 19.9 Å². The average molecular weight is 577 g/mol. The minimum Gasteiger partial charge on any atom is -0.444 e. The molecule has 208 valence electrons. The SMILES string of the molecule is CC(Nc1nccc(-c2sc(N3CCN(C(=O)OC(C)(C)C)CC3)nc2-c2cccc(Cl)c2)n1)c1ccccc1. The van der Waals surface area contributed by atoms with E-state index in [2.05, 4.69) is 34.3 Å². The van der Waals surface area contributed by atoms with E-state index in [1.807, 2.05) is 69.3 Å². The number of aromatic nitrogens is 3. The summed E-state index contributed by atoms with van der Waals surface area (Å²) in [5, 5.41) is 4.94. The monoisotopic (exact) mass is 576 g/mol. The number of carbonyl (C=O) groups excluding carboxylic acids is 1. The number of halogens is 1. The lowest BCUT2D eigenvalue weighted by Gasteiger charge is -2.35. The molecule has 1 unspecified atom stereocenters. The van der Waals surface area contributed by atoms with Crippen molar-refractivity contribution >= 4 is 40.1 Å². The number of benzene rings is 2. The van der Waals surface area contributed by atoms with E-state index in [0.717, 1.165) is 32.5 Å². The van der Waals surface area contributed by atoms with Crippen LogP contribution in [0.1, 0.15) is 39.3 Å². The van der Waals surface area contributed by atoms with E-state index < -0.39 is 5.60 Å². The lowest BCUT2D eigenvalue weighted by molar-refractivity contribution is 0.0240. The van der Waals surface area contributed by atoms with E-state index in [1.54, 1.807) is 22.4 Å². The molecular formula is C30H33ClN6O2S. The zero-order valence-corrected chi connectivity index (χ0v) is 24.7. The Morgan fingerprint density at radius 2 is 1.77 bits per heavy atom. The van der Waals surface area contributed by atoms with Crippen LogP contribution in [0.4, 0.5) is 15.9 Å². The average Bonchev–Trinajstić information content (AvgIpc) is 3.39. The number of piperazine rings is 1. The van der Waals surface area contributed by atoms with Crippen molar-refractivity contribution < 1.29 is 9.53 Å². The van der Waals surface area contributed by atoms with Crippen LogP contribution in [0.2, 0.25) is 5.02 Å². The lowest BCUT2D eigenvalue weighted by atomic mass is 10.1. The largest absolute Gasteiger partial charge is 0.444 e. The number of thiazole rings is 1. The molecule has 4 aromatic rings. The van der Waals surface area contributed by atoms with Gasteiger partial charge in [-0.2, -0.15) is 0 Å². The Labute approximate surface area is 244 Å². The molecule has 1 atom stereocenters. The fourth-order valence-corrected chi connectivity index (χ4v) is 5.73. The van der Waals surface area contributed by atoms with Gasteiger partial charge in [-0.15, -0.1) is 0 Å². The Kier molecular flexibility index (Phi) is 8.23. The number of anilines is 2. The molecule has 0 aliphatic carbocycles. The van der Waals surface area contributed by atoms with Gasteiger partial charge in [-0.05, 0) is 51.5 Å². The van der Waals surface area contributed by atoms with E-state index in [0.29, 0.717) is 37.1 Å². The molecule has 2 aromatic heterocycles. The first kappa shape index (κ1) is 27.9. The van der Waals surface area contributed by atoms with Crippen LogP contribution >= 0.6 is 22.9 Å². The number of carbonyl (C=O) groups is 1. The summed E-state index contributed by atoms with van der Waals surface area (Å²) in [5.74, 6) is 0.548. The molecule has 10 heteroatoms. The molecule has 1 amide bonds. The maximum absolute atomic E-state index is 12.6. The Hall–Kier alpha value is -3.69. The Balaban J connectivity index is 1.41. The van der Waals surface area contributed by atoms with E-state index in [-0.39, 0.29) is 12.1 Å². The third kappa shape index (κ3) is 6.71. The molecule has 0 saturated carbocycles. The van der Waals surface area contributed by atoms with Crippen molar-refractivity contribution in [3.05, 3.63) is 77.4 Å². The third-order valence-electron chi connectivity index (χ3n) is 6.45. The van der Waals surface area contributed by atoms with Gasteiger partial charge in [0.15, 0.2) is 5.13 Å². The van der Waals surface area contributed by atoms with Gasteiger partial charge in [0.05, 0.1) is 22.3 Å². The molecule has 5 rings (SSSR count). The lowest BCUT2D eigenvalue weighted by Crippen LogP contribution is -2.50. The first-order valence-corrected chi connectivity index (χ1v) is 14.5. The predicted molar refractivity (Wildman–Crippen MR) is 162 cm³/mol. The summed E-state index contributed by atoms with van der Waals surface area (Å²) in [6, 6.07) is 19.9. The van der Waals surface area contributed by atoms with E-state index in [4.69, 9.17) is 26.3 Å². The van der Waals surface area contributed by atoms with E-state index in [9.17, 15) is 4.79 Å². The number of amides is 1. The summed E-state index contributed by atoms with van der Waals surface area (Å²) in [7, 11) is 0. The molecule has 3 heterocycles. The van der Waals surface area contributed by atoms with Crippen LogP contribution in [0, 0.1) is 0 Å². The quantitative estimate of drug-likeness (QED) is 0.261. The highest BCUT2D eigenvalue weighted by molar-refractivity contribution is 7.19. The molecular weight excluding hydrogens is 544 g/mol. The van der Waals surface area contributed by atoms with Crippen molar-refractivity contribution in [2.24, 2.45) is 0 Å². The van der Waals surface area contributed by atoms with Crippen molar-refractivity contribution in [2.45, 2.75) is 39.3 Å². The van der Waals surface area contributed by atoms with Gasteiger partial charge in [-0.3, -0.25) is 0 Å². The van der Waals surface area contributed by atoms with Crippen LogP contribution in [0.3, 0.4) is 0 Å². The van der Waals surface area contributed by atoms with Gasteiger partial charge in [-0.1, -0.05) is 65.4 Å². The second-order valence-electron chi connectivity index (χ2n) is 10.7. The Morgan fingerprint density at radius 1 is 1.02 bits per heavy atom. The summed E-state index contributed by atoms with van der Waals surface area (Å²) in [6.45, 7) is 10.2. The predicted octanol–water partition coefficient (Wildman–Crippen LogP) is 7.15. The maximum atomic E-state index is 12.6. The molecule has 0 radical (unpaired) electrons. The fraction of sp³-hybridized carbons (Fsp3) is 0.333. The minimum absolute atomic E-state index is 0.0436. The fourth-order valence-electron chi connectivity index (χ4n) is 4.43. The van der Waals surface area contributed by atoms with Crippen LogP contribution in [-0.4, -0.2) is 57.7 Å². The van der Waals surface area contributed by atoms with Crippen LogP contribution < -0.4 is 10.2 Å². The summed E-state index contributed by atoms with van der Waals surface area (Å²) >= 11 is 7.94. The summed E-state index contributed by atoms with van der Waals surface area (Å²) < 4.78 is 5.56. The topological polar surface area (TPSA) is 83.5 Å². The highest BCUT2D eigenvalue weighted by Crippen LogP contribution is 2.40. The Morgan fingerprint density at radius 3 is 2.48 bits per heavy atom. The summed E-state index contributed by atoms with van der Waals surface area (Å²) in [6.07, 6.45) is 1.49. The molecule has 1 fully saturated rings. The highest BCUT2D eigenvalue weighted by Gasteiger charge is 2.28. The van der Waals surface area contributed by atoms with Gasteiger partial charge in [0.1, 0.15) is 5.60 Å². The molecule has 0 bridgehead atoms. The summed E-state index contributed by atoms with van der Waals surface area (Å²) in [4.78, 5) is 31.9. The van der Waals surface area contributed by atoms with Gasteiger partial charge in [0, 0.05) is 43.0 Å². The van der Waals surface area contributed by atoms with Crippen molar-refractivity contribution in [3.8, 4) is 21.8 Å². The maximum Gasteiger partial charge on any atom is 0.410 e. The number of hydrogen-bond acceptors (Lipinski definition) is 8. The number of nitrogens with zero attached hydrogens (tertiary/aromatic N) is 5. The first-order chi connectivity index (χ1) is 19.2. The minimum atomic E-state index is -0.519. The molecule has 1 saturated heterocycles. The smallest absolute Gasteiger partial charge is 0.410 e. The van der Waals surface area contributed by atoms with E-state index in [1.165, 1.54) is 0 Å². The van der Waals surface area contributed by atoms with Crippen LogP contribution in [0.5, 0.6) is 0 Å². The molecule has 1 N–H and O–H groups in total. The van der Waals surface area contributed by atoms with Gasteiger partial charge in [0.2, 0.25) is 5.95 Å². The van der Waals surface area contributed by atoms with E-state index >= 15 is 0 Å². The highest BCUT2D eigenvalue weighted by atomic mass is 35.5. The van der Waals surface area contributed by atoms with Gasteiger partial charge in [-0.25, -0.2) is 19.7 Å². The molecule has 8 nitrogen and oxygen atoms in total. The molecule has 40 heavy (non-hydrogen) atoms. The second-order valence-corrected chi connectivity index (χ2v) is 12.1. The summed E-state index contributed by atoms with van der Waals surface area (Å²) in [5.41, 5.74) is 3.15. The van der Waals surface area contributed by atoms with Crippen LogP contribution in [0.25, 0.3) is 21.8 Å². The number of nitrogens with one attached hydrogen (secondary N) is 1. The third-order valence-corrected chi connectivity index (χ3v) is 7.82. The van der Waals surface area contributed by atoms with Gasteiger partial charge < -0.3 is 19.9 Å². The molecule has 1 aliphatic rings. The number of ether oxygens (including phenoxy) is 1. The van der Waals surface area contributed by atoms with Gasteiger partial charge >= 0.3 is 6.09 Å². The standard InChI is InChI=1S/C30H33ClN6O2S/c1-20(21-9-6-5-7-10-21)33-27-32-14-13-24(34-27)26-25(22-11-8-12-23(31)19-22)35-28(40-26)36-15-17-37(18-16-36)29(38)39-30(2,3)4/h5-14,19-20H,15-18H2,1-4H3,(H,32,33,34). The Bertz CT molecular complexity index is 1460. The van der Waals surface area contributed by atoms with Crippen LogP contribution in [0.15, 0.2) is 66.9 Å². The van der Waals surface area contributed by atoms with Gasteiger partial charge in [0.25, 0.3) is 0 Å². The van der Waals surface area contributed by atoms with Crippen molar-refractivity contribution in [1.29, 1.82) is 0 Å². The molecule has 0 spiro atoms. The zero-order valence-electron chi connectivity index (χ0n) is 23.1.